The Hall–Kier alpha value is -1.64. The number of nitrogens with two attached hydrogens (primary N) is 1. The fourth-order valence-corrected chi connectivity index (χ4v) is 2.14. The summed E-state index contributed by atoms with van der Waals surface area (Å²) in [5.41, 5.74) is 5.60. The molecule has 0 spiro atoms. The summed E-state index contributed by atoms with van der Waals surface area (Å²) in [4.78, 5) is 0. The fourth-order valence-electron chi connectivity index (χ4n) is 1.29. The number of thioether (sulfide) groups is 1. The number of aryl methyl sites for hydroxylation is 1. The van der Waals surface area contributed by atoms with E-state index in [-0.39, 0.29) is 0 Å². The quantitative estimate of drug-likeness (QED) is 0.754. The number of hydrogen-bond acceptors (Lipinski definition) is 7. The van der Waals surface area contributed by atoms with Gasteiger partial charge < -0.3 is 5.73 Å². The van der Waals surface area contributed by atoms with Gasteiger partial charge in [-0.2, -0.15) is 0 Å². The first-order chi connectivity index (χ1) is 8.22. The van der Waals surface area contributed by atoms with E-state index in [2.05, 4.69) is 32.6 Å². The molecule has 0 bridgehead atoms. The molecule has 0 aliphatic rings. The SMILES string of the molecule is CCCn1nnnc1CSc1nnc(N)n1C. The lowest BCUT2D eigenvalue weighted by Crippen LogP contribution is -2.05. The van der Waals surface area contributed by atoms with Gasteiger partial charge in [0.2, 0.25) is 5.95 Å². The Bertz CT molecular complexity index is 489. The summed E-state index contributed by atoms with van der Waals surface area (Å²) < 4.78 is 3.53. The molecular formula is C8H14N8S. The lowest BCUT2D eigenvalue weighted by molar-refractivity contribution is 0.564. The zero-order valence-corrected chi connectivity index (χ0v) is 10.6. The second kappa shape index (κ2) is 5.13. The maximum Gasteiger partial charge on any atom is 0.222 e. The minimum absolute atomic E-state index is 0.403. The van der Waals surface area contributed by atoms with Crippen LogP contribution < -0.4 is 5.73 Å². The molecular weight excluding hydrogens is 240 g/mol. The average Bonchev–Trinajstić information content (AvgIpc) is 2.87. The normalized spacial score (nSPS) is 10.9. The van der Waals surface area contributed by atoms with Crippen LogP contribution in [0.3, 0.4) is 0 Å². The Balaban J connectivity index is 2.02. The smallest absolute Gasteiger partial charge is 0.222 e. The molecule has 0 aromatic carbocycles. The van der Waals surface area contributed by atoms with Crippen LogP contribution >= 0.6 is 11.8 Å². The number of rotatable bonds is 5. The second-order valence-electron chi connectivity index (χ2n) is 3.51. The highest BCUT2D eigenvalue weighted by molar-refractivity contribution is 7.98. The van der Waals surface area contributed by atoms with Crippen molar-refractivity contribution in [2.45, 2.75) is 30.8 Å². The molecule has 2 rings (SSSR count). The Labute approximate surface area is 103 Å². The third-order valence-corrected chi connectivity index (χ3v) is 3.26. The molecule has 8 nitrogen and oxygen atoms in total. The summed E-state index contributed by atoms with van der Waals surface area (Å²) >= 11 is 1.51. The van der Waals surface area contributed by atoms with Crippen LogP contribution in [0.15, 0.2) is 5.16 Å². The van der Waals surface area contributed by atoms with Crippen molar-refractivity contribution >= 4 is 17.7 Å². The molecule has 0 aliphatic heterocycles. The van der Waals surface area contributed by atoms with Crippen LogP contribution in [0.2, 0.25) is 0 Å². The van der Waals surface area contributed by atoms with E-state index in [1.165, 1.54) is 11.8 Å². The minimum Gasteiger partial charge on any atom is -0.368 e. The molecule has 0 fully saturated rings. The predicted molar refractivity (Wildman–Crippen MR) is 63.1 cm³/mol. The standard InChI is InChI=1S/C8H14N8S/c1-3-4-16-6(10-13-14-16)5-17-8-12-11-7(9)15(8)2/h3-5H2,1-2H3,(H2,9,11). The second-order valence-corrected chi connectivity index (χ2v) is 4.45. The Morgan fingerprint density at radius 2 is 2.12 bits per heavy atom. The van der Waals surface area contributed by atoms with Crippen molar-refractivity contribution in [1.29, 1.82) is 0 Å². The summed E-state index contributed by atoms with van der Waals surface area (Å²) in [5.74, 6) is 1.89. The van der Waals surface area contributed by atoms with Crippen LogP contribution in [0.25, 0.3) is 0 Å². The van der Waals surface area contributed by atoms with Crippen LogP contribution in [0.5, 0.6) is 0 Å². The number of hydrogen-bond donors (Lipinski definition) is 1. The summed E-state index contributed by atoms with van der Waals surface area (Å²) in [6.07, 6.45) is 1.000. The number of aromatic nitrogens is 7. The molecule has 2 aromatic rings. The largest absolute Gasteiger partial charge is 0.368 e. The highest BCUT2D eigenvalue weighted by Crippen LogP contribution is 2.20. The molecule has 0 saturated carbocycles. The molecule has 92 valence electrons. The minimum atomic E-state index is 0.403. The number of nitrogen functional groups attached to an aromatic ring is 1. The van der Waals surface area contributed by atoms with Gasteiger partial charge in [0.25, 0.3) is 0 Å². The van der Waals surface area contributed by atoms with Crippen molar-refractivity contribution in [2.75, 3.05) is 5.73 Å². The van der Waals surface area contributed by atoms with Gasteiger partial charge in [-0.15, -0.1) is 15.3 Å². The van der Waals surface area contributed by atoms with Gasteiger partial charge in [-0.25, -0.2) is 4.68 Å². The van der Waals surface area contributed by atoms with E-state index in [1.54, 1.807) is 9.25 Å². The Morgan fingerprint density at radius 3 is 2.76 bits per heavy atom. The summed E-state index contributed by atoms with van der Waals surface area (Å²) in [5, 5.41) is 20.1. The van der Waals surface area contributed by atoms with E-state index in [4.69, 9.17) is 5.73 Å². The third kappa shape index (κ3) is 2.54. The van der Waals surface area contributed by atoms with Crippen molar-refractivity contribution in [2.24, 2.45) is 7.05 Å². The van der Waals surface area contributed by atoms with Gasteiger partial charge in [-0.3, -0.25) is 4.57 Å². The van der Waals surface area contributed by atoms with Crippen LogP contribution in [0.1, 0.15) is 19.2 Å². The fraction of sp³-hybridized carbons (Fsp3) is 0.625. The monoisotopic (exact) mass is 254 g/mol. The molecule has 0 radical (unpaired) electrons. The van der Waals surface area contributed by atoms with Crippen LogP contribution in [-0.2, 0) is 19.3 Å². The number of nitrogens with zero attached hydrogens (tertiary/aromatic N) is 7. The number of tetrazole rings is 1. The summed E-state index contributed by atoms with van der Waals surface area (Å²) in [6.45, 7) is 2.91. The van der Waals surface area contributed by atoms with Gasteiger partial charge in [-0.05, 0) is 16.8 Å². The van der Waals surface area contributed by atoms with E-state index in [0.717, 1.165) is 23.9 Å². The van der Waals surface area contributed by atoms with Gasteiger partial charge in [0.1, 0.15) is 0 Å². The third-order valence-electron chi connectivity index (χ3n) is 2.24. The van der Waals surface area contributed by atoms with Crippen molar-refractivity contribution < 1.29 is 0 Å². The van der Waals surface area contributed by atoms with E-state index >= 15 is 0 Å². The molecule has 9 heteroatoms. The molecule has 0 aliphatic carbocycles. The molecule has 0 atom stereocenters. The molecule has 2 aromatic heterocycles. The van der Waals surface area contributed by atoms with Crippen molar-refractivity contribution in [3.63, 3.8) is 0 Å². The zero-order chi connectivity index (χ0) is 12.3. The van der Waals surface area contributed by atoms with Gasteiger partial charge in [0, 0.05) is 13.6 Å². The predicted octanol–water partition coefficient (Wildman–Crippen LogP) is 0.0861. The molecule has 17 heavy (non-hydrogen) atoms. The molecule has 2 N–H and O–H groups in total. The summed E-state index contributed by atoms with van der Waals surface area (Å²) in [6, 6.07) is 0. The average molecular weight is 254 g/mol. The van der Waals surface area contributed by atoms with E-state index < -0.39 is 0 Å². The van der Waals surface area contributed by atoms with Crippen LogP contribution in [0, 0.1) is 0 Å². The highest BCUT2D eigenvalue weighted by Gasteiger charge is 2.10. The maximum absolute atomic E-state index is 5.60. The van der Waals surface area contributed by atoms with Crippen LogP contribution in [0.4, 0.5) is 5.95 Å². The first-order valence-corrected chi connectivity index (χ1v) is 6.23. The zero-order valence-electron chi connectivity index (χ0n) is 9.74. The lowest BCUT2D eigenvalue weighted by Gasteiger charge is -2.02. The van der Waals surface area contributed by atoms with Gasteiger partial charge in [0.15, 0.2) is 11.0 Å². The molecule has 0 saturated heterocycles. The van der Waals surface area contributed by atoms with Crippen molar-refractivity contribution in [1.82, 2.24) is 35.0 Å². The molecule has 0 amide bonds. The van der Waals surface area contributed by atoms with Crippen molar-refractivity contribution in [3.05, 3.63) is 5.82 Å². The topological polar surface area (TPSA) is 100 Å². The van der Waals surface area contributed by atoms with E-state index in [9.17, 15) is 0 Å². The van der Waals surface area contributed by atoms with Crippen LogP contribution in [-0.4, -0.2) is 35.0 Å². The maximum atomic E-state index is 5.60. The lowest BCUT2D eigenvalue weighted by atomic mass is 10.5. The van der Waals surface area contributed by atoms with Gasteiger partial charge in [-0.1, -0.05) is 18.7 Å². The van der Waals surface area contributed by atoms with Gasteiger partial charge in [0.05, 0.1) is 5.75 Å². The van der Waals surface area contributed by atoms with Gasteiger partial charge >= 0.3 is 0 Å². The first-order valence-electron chi connectivity index (χ1n) is 5.25. The molecule has 0 unspecified atom stereocenters. The van der Waals surface area contributed by atoms with E-state index in [0.29, 0.717) is 11.7 Å². The van der Waals surface area contributed by atoms with E-state index in [1.807, 2.05) is 7.05 Å². The Kier molecular flexibility index (Phi) is 3.57. The first kappa shape index (κ1) is 11.8. The molecule has 2 heterocycles. The number of anilines is 1. The highest BCUT2D eigenvalue weighted by atomic mass is 32.2. The van der Waals surface area contributed by atoms with Crippen molar-refractivity contribution in [3.8, 4) is 0 Å². The summed E-state index contributed by atoms with van der Waals surface area (Å²) in [7, 11) is 1.83. The Morgan fingerprint density at radius 1 is 1.29 bits per heavy atom.